The van der Waals surface area contributed by atoms with Crippen LogP contribution in [0.4, 0.5) is 0 Å². The second kappa shape index (κ2) is 7.75. The van der Waals surface area contributed by atoms with Crippen molar-refractivity contribution in [1.29, 1.82) is 0 Å². The Labute approximate surface area is 172 Å². The SMILES string of the molecule is CCCCc1ccc2c3c(C(N)=O)cccc3n(Cc3cccc(C)c3C)c2c1. The molecule has 0 radical (unpaired) electrons. The van der Waals surface area contributed by atoms with Gasteiger partial charge in [0.05, 0.1) is 5.52 Å². The van der Waals surface area contributed by atoms with Crippen LogP contribution < -0.4 is 5.73 Å². The number of nitrogens with two attached hydrogens (primary N) is 1. The van der Waals surface area contributed by atoms with E-state index in [0.717, 1.165) is 29.3 Å². The van der Waals surface area contributed by atoms with E-state index in [-0.39, 0.29) is 5.91 Å². The molecular formula is C26H28N2O. The molecule has 0 atom stereocenters. The highest BCUT2D eigenvalue weighted by atomic mass is 16.1. The van der Waals surface area contributed by atoms with Crippen molar-refractivity contribution < 1.29 is 4.79 Å². The number of aromatic nitrogens is 1. The number of unbranched alkanes of at least 4 members (excludes halogenated alkanes) is 1. The van der Waals surface area contributed by atoms with E-state index in [9.17, 15) is 4.79 Å². The molecule has 3 aromatic carbocycles. The summed E-state index contributed by atoms with van der Waals surface area (Å²) in [4.78, 5) is 12.1. The van der Waals surface area contributed by atoms with Crippen molar-refractivity contribution in [2.75, 3.05) is 0 Å². The Morgan fingerprint density at radius 2 is 1.79 bits per heavy atom. The molecule has 0 saturated heterocycles. The fourth-order valence-corrected chi connectivity index (χ4v) is 4.26. The second-order valence-electron chi connectivity index (χ2n) is 7.96. The maximum atomic E-state index is 12.1. The van der Waals surface area contributed by atoms with Gasteiger partial charge in [0.2, 0.25) is 5.91 Å². The number of amides is 1. The van der Waals surface area contributed by atoms with E-state index in [2.05, 4.69) is 67.8 Å². The highest BCUT2D eigenvalue weighted by molar-refractivity contribution is 6.18. The first-order valence-electron chi connectivity index (χ1n) is 10.4. The van der Waals surface area contributed by atoms with E-state index < -0.39 is 0 Å². The van der Waals surface area contributed by atoms with Crippen LogP contribution in [0.5, 0.6) is 0 Å². The van der Waals surface area contributed by atoms with Gasteiger partial charge in [-0.1, -0.05) is 49.7 Å². The van der Waals surface area contributed by atoms with Gasteiger partial charge in [0, 0.05) is 28.4 Å². The van der Waals surface area contributed by atoms with Crippen LogP contribution >= 0.6 is 0 Å². The molecule has 0 spiro atoms. The number of aryl methyl sites for hydroxylation is 2. The van der Waals surface area contributed by atoms with Crippen LogP contribution in [0, 0.1) is 13.8 Å². The smallest absolute Gasteiger partial charge is 0.249 e. The largest absolute Gasteiger partial charge is 0.366 e. The summed E-state index contributed by atoms with van der Waals surface area (Å²) in [7, 11) is 0. The Hall–Kier alpha value is -3.07. The number of carbonyl (C=O) groups is 1. The van der Waals surface area contributed by atoms with Crippen molar-refractivity contribution in [1.82, 2.24) is 4.57 Å². The molecule has 0 saturated carbocycles. The zero-order valence-electron chi connectivity index (χ0n) is 17.5. The van der Waals surface area contributed by atoms with E-state index in [4.69, 9.17) is 5.73 Å². The van der Waals surface area contributed by atoms with Gasteiger partial charge in [0.1, 0.15) is 0 Å². The molecule has 0 aliphatic heterocycles. The van der Waals surface area contributed by atoms with Crippen LogP contribution in [0.25, 0.3) is 21.8 Å². The third-order valence-electron chi connectivity index (χ3n) is 6.09. The predicted octanol–water partition coefficient (Wildman–Crippen LogP) is 5.90. The Kier molecular flexibility index (Phi) is 5.14. The molecule has 0 fully saturated rings. The quantitative estimate of drug-likeness (QED) is 0.442. The number of carbonyl (C=O) groups excluding carboxylic acids is 1. The fourth-order valence-electron chi connectivity index (χ4n) is 4.26. The molecule has 4 aromatic rings. The monoisotopic (exact) mass is 384 g/mol. The molecule has 148 valence electrons. The Balaban J connectivity index is 1.99. The van der Waals surface area contributed by atoms with Gasteiger partial charge < -0.3 is 10.3 Å². The number of primary amides is 1. The Morgan fingerprint density at radius 3 is 2.55 bits per heavy atom. The van der Waals surface area contributed by atoms with Gasteiger partial charge in [0.15, 0.2) is 0 Å². The van der Waals surface area contributed by atoms with E-state index in [1.165, 1.54) is 40.6 Å². The first kappa shape index (κ1) is 19.3. The zero-order valence-corrected chi connectivity index (χ0v) is 17.5. The molecule has 0 aliphatic carbocycles. The standard InChI is InChI=1S/C26H28N2O/c1-4-5-9-19-13-14-21-24(15-19)28(16-20-10-6-8-17(2)18(20)3)23-12-7-11-22(25(21)23)26(27)29/h6-8,10-15H,4-5,9,16H2,1-3H3,(H2,27,29). The molecule has 1 heterocycles. The van der Waals surface area contributed by atoms with Crippen LogP contribution in [0.15, 0.2) is 54.6 Å². The lowest BCUT2D eigenvalue weighted by Gasteiger charge is -2.13. The molecule has 3 nitrogen and oxygen atoms in total. The fraction of sp³-hybridized carbons (Fsp3) is 0.269. The van der Waals surface area contributed by atoms with Crippen molar-refractivity contribution in [3.05, 3.63) is 82.4 Å². The molecule has 1 amide bonds. The first-order valence-corrected chi connectivity index (χ1v) is 10.4. The highest BCUT2D eigenvalue weighted by Crippen LogP contribution is 2.33. The lowest BCUT2D eigenvalue weighted by Crippen LogP contribution is -2.11. The zero-order chi connectivity index (χ0) is 20.5. The van der Waals surface area contributed by atoms with E-state index in [0.29, 0.717) is 5.56 Å². The third-order valence-corrected chi connectivity index (χ3v) is 6.09. The predicted molar refractivity (Wildman–Crippen MR) is 122 cm³/mol. The summed E-state index contributed by atoms with van der Waals surface area (Å²) < 4.78 is 2.34. The minimum absolute atomic E-state index is 0.378. The highest BCUT2D eigenvalue weighted by Gasteiger charge is 2.17. The summed E-state index contributed by atoms with van der Waals surface area (Å²) in [6, 6.07) is 19.0. The third kappa shape index (κ3) is 3.42. The van der Waals surface area contributed by atoms with Gasteiger partial charge in [-0.25, -0.2) is 0 Å². The average molecular weight is 385 g/mol. The second-order valence-corrected chi connectivity index (χ2v) is 7.96. The Morgan fingerprint density at radius 1 is 1.00 bits per heavy atom. The van der Waals surface area contributed by atoms with Crippen LogP contribution in [-0.2, 0) is 13.0 Å². The summed E-state index contributed by atoms with van der Waals surface area (Å²) in [5, 5.41) is 2.06. The number of hydrogen-bond acceptors (Lipinski definition) is 1. The van der Waals surface area contributed by atoms with E-state index in [1.54, 1.807) is 0 Å². The minimum Gasteiger partial charge on any atom is -0.366 e. The topological polar surface area (TPSA) is 48.0 Å². The van der Waals surface area contributed by atoms with Crippen molar-refractivity contribution in [2.24, 2.45) is 5.73 Å². The number of benzene rings is 3. The summed E-state index contributed by atoms with van der Waals surface area (Å²) in [6.07, 6.45) is 3.42. The van der Waals surface area contributed by atoms with Gasteiger partial charge in [-0.2, -0.15) is 0 Å². The van der Waals surface area contributed by atoms with E-state index >= 15 is 0 Å². The van der Waals surface area contributed by atoms with Crippen molar-refractivity contribution in [3.63, 3.8) is 0 Å². The minimum atomic E-state index is -0.378. The van der Waals surface area contributed by atoms with Crippen molar-refractivity contribution in [2.45, 2.75) is 46.6 Å². The van der Waals surface area contributed by atoms with Gasteiger partial charge >= 0.3 is 0 Å². The van der Waals surface area contributed by atoms with Gasteiger partial charge in [-0.15, -0.1) is 0 Å². The molecule has 0 aliphatic rings. The molecule has 3 heteroatoms. The first-order chi connectivity index (χ1) is 14.0. The average Bonchev–Trinajstić information content (AvgIpc) is 3.03. The molecule has 0 bridgehead atoms. The summed E-state index contributed by atoms with van der Waals surface area (Å²) in [5.74, 6) is -0.378. The maximum absolute atomic E-state index is 12.1. The molecule has 0 unspecified atom stereocenters. The molecule has 4 rings (SSSR count). The normalized spacial score (nSPS) is 11.4. The number of nitrogens with zero attached hydrogens (tertiary/aromatic N) is 1. The summed E-state index contributed by atoms with van der Waals surface area (Å²) in [5.41, 5.74) is 13.8. The number of rotatable bonds is 6. The molecule has 2 N–H and O–H groups in total. The van der Waals surface area contributed by atoms with Gasteiger partial charge in [0.25, 0.3) is 0 Å². The number of hydrogen-bond donors (Lipinski definition) is 1. The van der Waals surface area contributed by atoms with E-state index in [1.807, 2.05) is 12.1 Å². The lowest BCUT2D eigenvalue weighted by molar-refractivity contribution is 0.100. The lowest BCUT2D eigenvalue weighted by atomic mass is 10.0. The molecule has 1 aromatic heterocycles. The molecule has 29 heavy (non-hydrogen) atoms. The van der Waals surface area contributed by atoms with Crippen molar-refractivity contribution >= 4 is 27.7 Å². The van der Waals surface area contributed by atoms with Crippen molar-refractivity contribution in [3.8, 4) is 0 Å². The molecular weight excluding hydrogens is 356 g/mol. The Bertz CT molecular complexity index is 1220. The summed E-state index contributed by atoms with van der Waals surface area (Å²) in [6.45, 7) is 7.32. The van der Waals surface area contributed by atoms with Gasteiger partial charge in [-0.05, 0) is 67.1 Å². The van der Waals surface area contributed by atoms with Crippen LogP contribution in [0.3, 0.4) is 0 Å². The van der Waals surface area contributed by atoms with Crippen LogP contribution in [-0.4, -0.2) is 10.5 Å². The van der Waals surface area contributed by atoms with Crippen LogP contribution in [0.2, 0.25) is 0 Å². The van der Waals surface area contributed by atoms with Gasteiger partial charge in [-0.3, -0.25) is 4.79 Å². The summed E-state index contributed by atoms with van der Waals surface area (Å²) >= 11 is 0. The number of fused-ring (bicyclic) bond motifs is 3. The maximum Gasteiger partial charge on any atom is 0.249 e. The van der Waals surface area contributed by atoms with Crippen LogP contribution in [0.1, 0.15) is 52.4 Å².